The summed E-state index contributed by atoms with van der Waals surface area (Å²) in [5, 5.41) is 9.79. The molecular formula is C14H10Cl2OS2. The Morgan fingerprint density at radius 1 is 1.16 bits per heavy atom. The van der Waals surface area contributed by atoms with Gasteiger partial charge >= 0.3 is 0 Å². The Morgan fingerprint density at radius 2 is 2.00 bits per heavy atom. The zero-order valence-electron chi connectivity index (χ0n) is 9.82. The second-order valence-electron chi connectivity index (χ2n) is 3.59. The van der Waals surface area contributed by atoms with Gasteiger partial charge in [0.15, 0.2) is 0 Å². The quantitative estimate of drug-likeness (QED) is 0.651. The SMILES string of the molecule is OCC#Cc1ccc(CSc2ccc(Cl)c(Cl)c2)s1. The molecule has 0 aliphatic rings. The van der Waals surface area contributed by atoms with Crippen molar-refractivity contribution in [3.63, 3.8) is 0 Å². The number of hydrogen-bond acceptors (Lipinski definition) is 3. The Balaban J connectivity index is 1.98. The van der Waals surface area contributed by atoms with Crippen LogP contribution >= 0.6 is 46.3 Å². The van der Waals surface area contributed by atoms with Gasteiger partial charge in [-0.15, -0.1) is 23.1 Å². The Bertz CT molecular complexity index is 626. The summed E-state index contributed by atoms with van der Waals surface area (Å²) in [5.41, 5.74) is 0. The Labute approximate surface area is 130 Å². The maximum absolute atomic E-state index is 8.64. The summed E-state index contributed by atoms with van der Waals surface area (Å²) in [4.78, 5) is 3.29. The van der Waals surface area contributed by atoms with Crippen LogP contribution in [0.1, 0.15) is 9.75 Å². The minimum atomic E-state index is -0.106. The predicted octanol–water partition coefficient (Wildman–Crippen LogP) is 4.69. The van der Waals surface area contributed by atoms with Crippen LogP contribution in [0, 0.1) is 11.8 Å². The molecule has 2 aromatic rings. The van der Waals surface area contributed by atoms with E-state index in [2.05, 4.69) is 17.9 Å². The Morgan fingerprint density at radius 3 is 2.74 bits per heavy atom. The molecule has 0 fully saturated rings. The molecule has 0 aliphatic carbocycles. The fourth-order valence-electron chi connectivity index (χ4n) is 1.37. The third kappa shape index (κ3) is 4.45. The number of rotatable bonds is 3. The molecule has 2 rings (SSSR count). The number of aliphatic hydroxyl groups excluding tert-OH is 1. The lowest BCUT2D eigenvalue weighted by atomic mass is 10.4. The van der Waals surface area contributed by atoms with Crippen molar-refractivity contribution < 1.29 is 5.11 Å². The van der Waals surface area contributed by atoms with E-state index in [0.29, 0.717) is 10.0 Å². The van der Waals surface area contributed by atoms with Crippen molar-refractivity contribution in [1.29, 1.82) is 0 Å². The highest BCUT2D eigenvalue weighted by molar-refractivity contribution is 7.98. The summed E-state index contributed by atoms with van der Waals surface area (Å²) >= 11 is 15.2. The lowest BCUT2D eigenvalue weighted by molar-refractivity contribution is 0.350. The van der Waals surface area contributed by atoms with E-state index in [1.165, 1.54) is 4.88 Å². The second kappa shape index (κ2) is 7.23. The maximum Gasteiger partial charge on any atom is 0.104 e. The molecule has 98 valence electrons. The average Bonchev–Trinajstić information content (AvgIpc) is 2.86. The number of thiophene rings is 1. The van der Waals surface area contributed by atoms with Crippen molar-refractivity contribution in [2.24, 2.45) is 0 Å². The number of aliphatic hydroxyl groups is 1. The first kappa shape index (κ1) is 14.8. The number of hydrogen-bond donors (Lipinski definition) is 1. The molecule has 1 nitrogen and oxygen atoms in total. The number of thioether (sulfide) groups is 1. The molecule has 1 aromatic heterocycles. The van der Waals surface area contributed by atoms with E-state index in [9.17, 15) is 0 Å². The van der Waals surface area contributed by atoms with Gasteiger partial charge in [0.1, 0.15) is 6.61 Å². The molecule has 0 spiro atoms. The zero-order valence-corrected chi connectivity index (χ0v) is 13.0. The van der Waals surface area contributed by atoms with Crippen molar-refractivity contribution >= 4 is 46.3 Å². The van der Waals surface area contributed by atoms with E-state index in [1.807, 2.05) is 18.2 Å². The standard InChI is InChI=1S/C14H10Cl2OS2/c15-13-6-5-11(8-14(13)16)18-9-12-4-3-10(19-12)2-1-7-17/h3-6,8,17H,7,9H2. The molecular weight excluding hydrogens is 319 g/mol. The van der Waals surface area contributed by atoms with Crippen LogP contribution in [0.25, 0.3) is 0 Å². The molecule has 0 atom stereocenters. The summed E-state index contributed by atoms with van der Waals surface area (Å²) in [5.74, 6) is 6.41. The lowest BCUT2D eigenvalue weighted by Gasteiger charge is -2.01. The topological polar surface area (TPSA) is 20.2 Å². The first-order chi connectivity index (χ1) is 9.19. The van der Waals surface area contributed by atoms with Gasteiger partial charge in [-0.1, -0.05) is 35.0 Å². The van der Waals surface area contributed by atoms with Gasteiger partial charge in [-0.3, -0.25) is 0 Å². The van der Waals surface area contributed by atoms with E-state index in [0.717, 1.165) is 15.5 Å². The van der Waals surface area contributed by atoms with E-state index in [4.69, 9.17) is 28.3 Å². The smallest absolute Gasteiger partial charge is 0.104 e. The van der Waals surface area contributed by atoms with Crippen LogP contribution in [-0.2, 0) is 5.75 Å². The van der Waals surface area contributed by atoms with Gasteiger partial charge < -0.3 is 5.11 Å². The first-order valence-electron chi connectivity index (χ1n) is 5.45. The van der Waals surface area contributed by atoms with Crippen molar-refractivity contribution in [2.45, 2.75) is 10.6 Å². The van der Waals surface area contributed by atoms with Crippen LogP contribution in [0.2, 0.25) is 10.0 Å². The number of benzene rings is 1. The fraction of sp³-hybridized carbons (Fsp3) is 0.143. The summed E-state index contributed by atoms with van der Waals surface area (Å²) in [6.45, 7) is -0.106. The van der Waals surface area contributed by atoms with Gasteiger partial charge in [-0.2, -0.15) is 0 Å². The van der Waals surface area contributed by atoms with Gasteiger partial charge in [0.25, 0.3) is 0 Å². The molecule has 0 unspecified atom stereocenters. The molecule has 1 heterocycles. The molecule has 19 heavy (non-hydrogen) atoms. The summed E-state index contributed by atoms with van der Waals surface area (Å²) < 4.78 is 0. The maximum atomic E-state index is 8.64. The molecule has 5 heteroatoms. The molecule has 1 aromatic carbocycles. The van der Waals surface area contributed by atoms with Crippen molar-refractivity contribution in [3.8, 4) is 11.8 Å². The van der Waals surface area contributed by atoms with E-state index < -0.39 is 0 Å². The fourth-order valence-corrected chi connectivity index (χ4v) is 3.59. The molecule has 0 saturated carbocycles. The third-order valence-electron chi connectivity index (χ3n) is 2.22. The van der Waals surface area contributed by atoms with Gasteiger partial charge in [-0.05, 0) is 30.3 Å². The normalized spacial score (nSPS) is 10.1. The van der Waals surface area contributed by atoms with E-state index in [-0.39, 0.29) is 6.61 Å². The Hall–Kier alpha value is -0.630. The van der Waals surface area contributed by atoms with Crippen molar-refractivity contribution in [1.82, 2.24) is 0 Å². The van der Waals surface area contributed by atoms with Crippen LogP contribution in [0.3, 0.4) is 0 Å². The van der Waals surface area contributed by atoms with Gasteiger partial charge in [0.2, 0.25) is 0 Å². The van der Waals surface area contributed by atoms with Crippen LogP contribution < -0.4 is 0 Å². The van der Waals surface area contributed by atoms with Crippen LogP contribution in [-0.4, -0.2) is 11.7 Å². The highest BCUT2D eigenvalue weighted by Crippen LogP contribution is 2.31. The molecule has 0 radical (unpaired) electrons. The molecule has 0 saturated heterocycles. The number of halogens is 2. The van der Waals surface area contributed by atoms with Crippen LogP contribution in [0.4, 0.5) is 0 Å². The molecule has 0 bridgehead atoms. The third-order valence-corrected chi connectivity index (χ3v) is 5.19. The average molecular weight is 329 g/mol. The minimum Gasteiger partial charge on any atom is -0.384 e. The van der Waals surface area contributed by atoms with Gasteiger partial charge in [0.05, 0.1) is 14.9 Å². The minimum absolute atomic E-state index is 0.106. The summed E-state index contributed by atoms with van der Waals surface area (Å²) in [7, 11) is 0. The second-order valence-corrected chi connectivity index (χ2v) is 6.62. The molecule has 0 aliphatic heterocycles. The molecule has 1 N–H and O–H groups in total. The van der Waals surface area contributed by atoms with Crippen LogP contribution in [0.5, 0.6) is 0 Å². The van der Waals surface area contributed by atoms with Gasteiger partial charge in [0, 0.05) is 15.5 Å². The highest BCUT2D eigenvalue weighted by Gasteiger charge is 2.02. The summed E-state index contributed by atoms with van der Waals surface area (Å²) in [6.07, 6.45) is 0. The van der Waals surface area contributed by atoms with E-state index in [1.54, 1.807) is 29.2 Å². The summed E-state index contributed by atoms with van der Waals surface area (Å²) in [6, 6.07) is 9.65. The lowest BCUT2D eigenvalue weighted by Crippen LogP contribution is -1.76. The first-order valence-corrected chi connectivity index (χ1v) is 8.01. The van der Waals surface area contributed by atoms with Crippen molar-refractivity contribution in [2.75, 3.05) is 6.61 Å². The predicted molar refractivity (Wildman–Crippen MR) is 84.3 cm³/mol. The highest BCUT2D eigenvalue weighted by atomic mass is 35.5. The zero-order chi connectivity index (χ0) is 13.7. The monoisotopic (exact) mass is 328 g/mol. The van der Waals surface area contributed by atoms with Crippen molar-refractivity contribution in [3.05, 3.63) is 50.1 Å². The Kier molecular flexibility index (Phi) is 5.62. The van der Waals surface area contributed by atoms with Gasteiger partial charge in [-0.25, -0.2) is 0 Å². The van der Waals surface area contributed by atoms with E-state index >= 15 is 0 Å². The molecule has 0 amide bonds. The van der Waals surface area contributed by atoms with Crippen LogP contribution in [0.15, 0.2) is 35.2 Å². The largest absolute Gasteiger partial charge is 0.384 e.